The molecule has 0 saturated heterocycles. The van der Waals surface area contributed by atoms with Crippen LogP contribution >= 0.6 is 11.6 Å². The minimum absolute atomic E-state index is 0.614. The minimum Gasteiger partial charge on any atom is -0.492 e. The van der Waals surface area contributed by atoms with Crippen LogP contribution in [0, 0.1) is 0 Å². The van der Waals surface area contributed by atoms with Crippen molar-refractivity contribution in [2.24, 2.45) is 0 Å². The monoisotopic (exact) mass is 305 g/mol. The molecule has 0 spiro atoms. The average molecular weight is 306 g/mol. The second-order valence-corrected chi connectivity index (χ2v) is 5.30. The van der Waals surface area contributed by atoms with Gasteiger partial charge in [0.15, 0.2) is 0 Å². The number of hydrogen-bond acceptors (Lipinski definition) is 4. The van der Waals surface area contributed by atoms with Crippen molar-refractivity contribution in [1.82, 2.24) is 14.9 Å². The second kappa shape index (κ2) is 7.96. The molecule has 1 heterocycles. The zero-order valence-corrected chi connectivity index (χ0v) is 13.2. The van der Waals surface area contributed by atoms with Crippen LogP contribution in [0.25, 0.3) is 0 Å². The lowest BCUT2D eigenvalue weighted by Crippen LogP contribution is -2.24. The molecule has 0 N–H and O–H groups in total. The summed E-state index contributed by atoms with van der Waals surface area (Å²) in [6.45, 7) is 4.27. The lowest BCUT2D eigenvalue weighted by molar-refractivity contribution is 0.231. The molecule has 1 aromatic carbocycles. The first-order chi connectivity index (χ1) is 10.2. The third kappa shape index (κ3) is 5.33. The smallest absolute Gasteiger partial charge is 0.128 e. The molecular formula is C16H20ClN3O. The first kappa shape index (κ1) is 15.7. The minimum atomic E-state index is 0.614. The van der Waals surface area contributed by atoms with Crippen LogP contribution in [0.4, 0.5) is 0 Å². The molecule has 0 saturated carbocycles. The first-order valence-corrected chi connectivity index (χ1v) is 7.43. The first-order valence-electron chi connectivity index (χ1n) is 7.05. The van der Waals surface area contributed by atoms with Crippen LogP contribution in [0.15, 0.2) is 36.5 Å². The summed E-state index contributed by atoms with van der Waals surface area (Å²) in [5.74, 6) is 1.68. The van der Waals surface area contributed by atoms with Gasteiger partial charge in [0.05, 0.1) is 5.69 Å². The van der Waals surface area contributed by atoms with E-state index >= 15 is 0 Å². The topological polar surface area (TPSA) is 38.2 Å². The summed E-state index contributed by atoms with van der Waals surface area (Å²) in [6, 6.07) is 9.40. The van der Waals surface area contributed by atoms with E-state index in [-0.39, 0.29) is 0 Å². The number of rotatable bonds is 7. The zero-order chi connectivity index (χ0) is 15.1. The van der Waals surface area contributed by atoms with Gasteiger partial charge in [-0.25, -0.2) is 9.97 Å². The van der Waals surface area contributed by atoms with Gasteiger partial charge in [-0.1, -0.05) is 24.6 Å². The van der Waals surface area contributed by atoms with Crippen LogP contribution in [0.3, 0.4) is 0 Å². The average Bonchev–Trinajstić information content (AvgIpc) is 2.47. The molecule has 5 heteroatoms. The molecule has 0 aliphatic rings. The molecule has 2 aromatic rings. The van der Waals surface area contributed by atoms with Crippen LogP contribution in [0.2, 0.25) is 5.02 Å². The van der Waals surface area contributed by atoms with Gasteiger partial charge in [-0.15, -0.1) is 0 Å². The Kier molecular flexibility index (Phi) is 5.96. The van der Waals surface area contributed by atoms with E-state index in [1.54, 1.807) is 0 Å². The molecule has 0 aliphatic carbocycles. The SMILES string of the molecule is CCc1nccc(CN(C)CCOc2cccc(Cl)c2)n1. The van der Waals surface area contributed by atoms with Crippen molar-refractivity contribution >= 4 is 11.6 Å². The van der Waals surface area contributed by atoms with Crippen LogP contribution < -0.4 is 4.74 Å². The van der Waals surface area contributed by atoms with E-state index in [1.807, 2.05) is 36.5 Å². The molecule has 0 aliphatic heterocycles. The van der Waals surface area contributed by atoms with Crippen molar-refractivity contribution in [3.63, 3.8) is 0 Å². The molecule has 21 heavy (non-hydrogen) atoms. The van der Waals surface area contributed by atoms with Gasteiger partial charge >= 0.3 is 0 Å². The zero-order valence-electron chi connectivity index (χ0n) is 12.4. The predicted molar refractivity (Wildman–Crippen MR) is 84.7 cm³/mol. The van der Waals surface area contributed by atoms with E-state index in [0.717, 1.165) is 36.8 Å². The Labute approximate surface area is 130 Å². The van der Waals surface area contributed by atoms with Crippen molar-refractivity contribution in [1.29, 1.82) is 0 Å². The maximum atomic E-state index is 5.92. The van der Waals surface area contributed by atoms with E-state index in [1.165, 1.54) is 0 Å². The summed E-state index contributed by atoms with van der Waals surface area (Å²) >= 11 is 5.92. The Morgan fingerprint density at radius 1 is 1.29 bits per heavy atom. The van der Waals surface area contributed by atoms with Crippen molar-refractivity contribution in [3.05, 3.63) is 53.1 Å². The van der Waals surface area contributed by atoms with Gasteiger partial charge in [-0.2, -0.15) is 0 Å². The number of hydrogen-bond donors (Lipinski definition) is 0. The van der Waals surface area contributed by atoms with Crippen LogP contribution in [-0.2, 0) is 13.0 Å². The van der Waals surface area contributed by atoms with Gasteiger partial charge in [0.25, 0.3) is 0 Å². The molecular weight excluding hydrogens is 286 g/mol. The number of likely N-dealkylation sites (N-methyl/N-ethyl adjacent to an activating group) is 1. The number of aryl methyl sites for hydroxylation is 1. The highest BCUT2D eigenvalue weighted by molar-refractivity contribution is 6.30. The summed E-state index contributed by atoms with van der Waals surface area (Å²) in [6.07, 6.45) is 2.67. The van der Waals surface area contributed by atoms with Gasteiger partial charge in [-0.05, 0) is 31.3 Å². The fourth-order valence-electron chi connectivity index (χ4n) is 1.93. The number of nitrogens with zero attached hydrogens (tertiary/aromatic N) is 3. The van der Waals surface area contributed by atoms with Gasteiger partial charge in [0.1, 0.15) is 18.2 Å². The Bertz CT molecular complexity index is 577. The fourth-order valence-corrected chi connectivity index (χ4v) is 2.11. The summed E-state index contributed by atoms with van der Waals surface area (Å²) in [5.41, 5.74) is 1.03. The normalized spacial score (nSPS) is 10.9. The van der Waals surface area contributed by atoms with E-state index in [2.05, 4.69) is 28.8 Å². The van der Waals surface area contributed by atoms with Gasteiger partial charge in [0.2, 0.25) is 0 Å². The fraction of sp³-hybridized carbons (Fsp3) is 0.375. The maximum Gasteiger partial charge on any atom is 0.128 e. The molecule has 0 amide bonds. The van der Waals surface area contributed by atoms with Crippen molar-refractivity contribution in [2.45, 2.75) is 19.9 Å². The van der Waals surface area contributed by atoms with Gasteiger partial charge in [-0.3, -0.25) is 4.90 Å². The molecule has 0 unspecified atom stereocenters. The van der Waals surface area contributed by atoms with Crippen molar-refractivity contribution in [3.8, 4) is 5.75 Å². The summed E-state index contributed by atoms with van der Waals surface area (Å²) < 4.78 is 5.68. The highest BCUT2D eigenvalue weighted by atomic mass is 35.5. The van der Waals surface area contributed by atoms with E-state index in [4.69, 9.17) is 16.3 Å². The Hall–Kier alpha value is -1.65. The third-order valence-electron chi connectivity index (χ3n) is 3.05. The highest BCUT2D eigenvalue weighted by Gasteiger charge is 2.03. The van der Waals surface area contributed by atoms with Gasteiger partial charge in [0, 0.05) is 30.7 Å². The van der Waals surface area contributed by atoms with Crippen molar-refractivity contribution in [2.75, 3.05) is 20.2 Å². The molecule has 0 fully saturated rings. The van der Waals surface area contributed by atoms with Crippen molar-refractivity contribution < 1.29 is 4.74 Å². The summed E-state index contributed by atoms with van der Waals surface area (Å²) in [4.78, 5) is 10.9. The lowest BCUT2D eigenvalue weighted by atomic mass is 10.3. The number of aromatic nitrogens is 2. The molecule has 1 aromatic heterocycles. The second-order valence-electron chi connectivity index (χ2n) is 4.86. The molecule has 2 rings (SSSR count). The quantitative estimate of drug-likeness (QED) is 0.787. The lowest BCUT2D eigenvalue weighted by Gasteiger charge is -2.16. The molecule has 0 atom stereocenters. The van der Waals surface area contributed by atoms with Crippen LogP contribution in [-0.4, -0.2) is 35.1 Å². The maximum absolute atomic E-state index is 5.92. The summed E-state index contributed by atoms with van der Waals surface area (Å²) in [7, 11) is 2.05. The summed E-state index contributed by atoms with van der Waals surface area (Å²) in [5, 5.41) is 0.689. The van der Waals surface area contributed by atoms with E-state index < -0.39 is 0 Å². The van der Waals surface area contributed by atoms with Gasteiger partial charge < -0.3 is 4.74 Å². The standard InChI is InChI=1S/C16H20ClN3O/c1-3-16-18-8-7-14(19-16)12-20(2)9-10-21-15-6-4-5-13(17)11-15/h4-8,11H,3,9-10,12H2,1-2H3. The number of halogens is 1. The highest BCUT2D eigenvalue weighted by Crippen LogP contribution is 2.16. The molecule has 4 nitrogen and oxygen atoms in total. The third-order valence-corrected chi connectivity index (χ3v) is 3.28. The Balaban J connectivity index is 1.78. The van der Waals surface area contributed by atoms with Crippen LogP contribution in [0.5, 0.6) is 5.75 Å². The Morgan fingerprint density at radius 2 is 2.14 bits per heavy atom. The molecule has 0 bridgehead atoms. The van der Waals surface area contributed by atoms with E-state index in [9.17, 15) is 0 Å². The molecule has 112 valence electrons. The Morgan fingerprint density at radius 3 is 2.90 bits per heavy atom. The largest absolute Gasteiger partial charge is 0.492 e. The number of ether oxygens (including phenoxy) is 1. The molecule has 0 radical (unpaired) electrons. The number of benzene rings is 1. The van der Waals surface area contributed by atoms with Crippen LogP contribution in [0.1, 0.15) is 18.4 Å². The predicted octanol–water partition coefficient (Wildman–Crippen LogP) is 3.20. The van der Waals surface area contributed by atoms with E-state index in [0.29, 0.717) is 11.6 Å².